The molecule has 0 saturated carbocycles. The first-order valence-electron chi connectivity index (χ1n) is 13.0. The van der Waals surface area contributed by atoms with Crippen molar-refractivity contribution in [3.8, 4) is 11.6 Å². The minimum absolute atomic E-state index is 0.106. The van der Waals surface area contributed by atoms with Crippen molar-refractivity contribution in [1.29, 1.82) is 0 Å². The van der Waals surface area contributed by atoms with E-state index in [1.54, 1.807) is 26.1 Å². The summed E-state index contributed by atoms with van der Waals surface area (Å²) in [6.07, 6.45) is 8.51. The average Bonchev–Trinajstić information content (AvgIpc) is 3.58. The molecule has 0 bridgehead atoms. The second-order valence-electron chi connectivity index (χ2n) is 9.90. The Morgan fingerprint density at radius 3 is 2.67 bits per heavy atom. The van der Waals surface area contributed by atoms with Gasteiger partial charge in [0.15, 0.2) is 0 Å². The van der Waals surface area contributed by atoms with Gasteiger partial charge in [0, 0.05) is 37.6 Å². The van der Waals surface area contributed by atoms with Crippen LogP contribution in [0.2, 0.25) is 0 Å². The van der Waals surface area contributed by atoms with Gasteiger partial charge in [0.05, 0.1) is 25.1 Å². The van der Waals surface area contributed by atoms with Crippen LogP contribution in [0.15, 0.2) is 57.0 Å². The SMILES string of the molecule is C=C/C(OC)=C(\N=CC)[C@H](Cc1cn(C(C)(C)C(=O)O)c(=O)n2c(C)c(-c3ncco3)nc12)OC1CCOCC1. The third-order valence-corrected chi connectivity index (χ3v) is 7.00. The summed E-state index contributed by atoms with van der Waals surface area (Å²) in [4.78, 5) is 39.5. The van der Waals surface area contributed by atoms with Gasteiger partial charge in [0.25, 0.3) is 0 Å². The van der Waals surface area contributed by atoms with E-state index in [4.69, 9.17) is 23.6 Å². The molecule has 1 N–H and O–H groups in total. The van der Waals surface area contributed by atoms with Gasteiger partial charge in [-0.3, -0.25) is 9.56 Å². The van der Waals surface area contributed by atoms with Gasteiger partial charge in [0.2, 0.25) is 5.89 Å². The molecule has 0 amide bonds. The average molecular weight is 554 g/mol. The highest BCUT2D eigenvalue weighted by atomic mass is 16.5. The first-order chi connectivity index (χ1) is 19.1. The summed E-state index contributed by atoms with van der Waals surface area (Å²) in [5, 5.41) is 10.00. The Morgan fingerprint density at radius 1 is 1.38 bits per heavy atom. The summed E-state index contributed by atoms with van der Waals surface area (Å²) in [7, 11) is 1.53. The molecule has 0 spiro atoms. The van der Waals surface area contributed by atoms with Crippen molar-refractivity contribution in [3.05, 3.63) is 64.5 Å². The van der Waals surface area contributed by atoms with Gasteiger partial charge in [-0.25, -0.2) is 24.0 Å². The van der Waals surface area contributed by atoms with E-state index in [0.717, 1.165) is 0 Å². The molecule has 1 fully saturated rings. The molecule has 1 saturated heterocycles. The summed E-state index contributed by atoms with van der Waals surface area (Å²) >= 11 is 0. The number of fused-ring (bicyclic) bond motifs is 1. The van der Waals surface area contributed by atoms with Gasteiger partial charge in [-0.2, -0.15) is 0 Å². The Kier molecular flexibility index (Phi) is 8.70. The van der Waals surface area contributed by atoms with Gasteiger partial charge in [0.1, 0.15) is 40.7 Å². The zero-order valence-electron chi connectivity index (χ0n) is 23.4. The topological polar surface area (TPSA) is 143 Å². The molecule has 40 heavy (non-hydrogen) atoms. The van der Waals surface area contributed by atoms with Crippen molar-refractivity contribution in [1.82, 2.24) is 18.9 Å². The molecule has 1 atom stereocenters. The number of ether oxygens (including phenoxy) is 3. The number of oxazole rings is 1. The number of aliphatic carboxylic acids is 1. The summed E-state index contributed by atoms with van der Waals surface area (Å²) in [5.74, 6) is -0.481. The van der Waals surface area contributed by atoms with Crippen molar-refractivity contribution in [2.75, 3.05) is 20.3 Å². The second kappa shape index (κ2) is 12.0. The third-order valence-electron chi connectivity index (χ3n) is 7.00. The molecule has 214 valence electrons. The number of carboxylic acid groups (broad SMARTS) is 1. The maximum atomic E-state index is 13.7. The van der Waals surface area contributed by atoms with Crippen LogP contribution in [0, 0.1) is 6.92 Å². The predicted molar refractivity (Wildman–Crippen MR) is 147 cm³/mol. The van der Waals surface area contributed by atoms with Crippen molar-refractivity contribution in [2.24, 2.45) is 4.99 Å². The van der Waals surface area contributed by atoms with Crippen LogP contribution in [0.4, 0.5) is 0 Å². The molecule has 0 radical (unpaired) electrons. The number of rotatable bonds is 11. The molecular formula is C28H35N5O7. The van der Waals surface area contributed by atoms with Crippen LogP contribution in [0.25, 0.3) is 17.2 Å². The number of aromatic nitrogens is 4. The molecule has 0 aromatic carbocycles. The van der Waals surface area contributed by atoms with E-state index >= 15 is 0 Å². The van der Waals surface area contributed by atoms with Gasteiger partial charge in [-0.1, -0.05) is 6.58 Å². The molecule has 4 rings (SSSR count). The Hall–Kier alpha value is -4.03. The van der Waals surface area contributed by atoms with E-state index in [1.807, 2.05) is 0 Å². The van der Waals surface area contributed by atoms with Crippen molar-refractivity contribution in [2.45, 2.75) is 64.7 Å². The summed E-state index contributed by atoms with van der Waals surface area (Å²) in [6.45, 7) is 11.5. The van der Waals surface area contributed by atoms with Gasteiger partial charge in [-0.05, 0) is 46.6 Å². The smallest absolute Gasteiger partial charge is 0.335 e. The fourth-order valence-electron chi connectivity index (χ4n) is 4.71. The molecular weight excluding hydrogens is 518 g/mol. The Balaban J connectivity index is 1.97. The Morgan fingerprint density at radius 2 is 2.10 bits per heavy atom. The highest BCUT2D eigenvalue weighted by Crippen LogP contribution is 2.29. The zero-order valence-corrected chi connectivity index (χ0v) is 23.4. The van der Waals surface area contributed by atoms with Gasteiger partial charge in [-0.15, -0.1) is 0 Å². The molecule has 12 nitrogen and oxygen atoms in total. The molecule has 3 aromatic heterocycles. The standard InChI is InChI=1S/C28H35N5O7/c1-7-20(37-6)23(29-8-2)21(40-19-9-12-38-13-10-19)15-18-16-32(28(4,5)26(34)35)27(36)33-17(3)22(31-24(18)33)25-30-11-14-39-25/h7-8,11,14,16,19,21H,1,9-10,12-13,15H2,2-6H3,(H,34,35)/b23-20+,29-8?/t21-/m0/s1. The fourth-order valence-corrected chi connectivity index (χ4v) is 4.71. The van der Waals surface area contributed by atoms with Crippen molar-refractivity contribution < 1.29 is 28.5 Å². The molecule has 1 aliphatic heterocycles. The Bertz CT molecular complexity index is 1490. The van der Waals surface area contributed by atoms with Crippen molar-refractivity contribution >= 4 is 17.8 Å². The molecule has 0 aliphatic carbocycles. The lowest BCUT2D eigenvalue weighted by molar-refractivity contribution is -0.145. The lowest BCUT2D eigenvalue weighted by atomic mass is 10.0. The van der Waals surface area contributed by atoms with Crippen molar-refractivity contribution in [3.63, 3.8) is 0 Å². The van der Waals surface area contributed by atoms with Crippen LogP contribution in [-0.4, -0.2) is 68.8 Å². The zero-order chi connectivity index (χ0) is 29.0. The van der Waals surface area contributed by atoms with Crippen LogP contribution in [0.3, 0.4) is 0 Å². The number of hydrogen-bond donors (Lipinski definition) is 1. The number of aliphatic imine (C=N–C) groups is 1. The van der Waals surface area contributed by atoms with Crippen LogP contribution in [-0.2, 0) is 31.0 Å². The van der Waals surface area contributed by atoms with E-state index in [1.165, 1.54) is 48.6 Å². The number of carboxylic acids is 1. The number of methoxy groups -OCH3 is 1. The third kappa shape index (κ3) is 5.50. The first kappa shape index (κ1) is 29.0. The molecule has 12 heteroatoms. The quantitative estimate of drug-likeness (QED) is 0.214. The molecule has 4 heterocycles. The van der Waals surface area contributed by atoms with Crippen LogP contribution in [0.1, 0.15) is 44.9 Å². The van der Waals surface area contributed by atoms with Gasteiger partial charge < -0.3 is 23.7 Å². The highest BCUT2D eigenvalue weighted by molar-refractivity contribution is 5.76. The van der Waals surface area contributed by atoms with E-state index in [2.05, 4.69) is 16.6 Å². The summed E-state index contributed by atoms with van der Waals surface area (Å²) in [5.41, 5.74) is 0.143. The largest absolute Gasteiger partial charge is 0.495 e. The number of carbonyl (C=O) groups is 1. The lowest BCUT2D eigenvalue weighted by Crippen LogP contribution is -2.45. The number of nitrogens with zero attached hydrogens (tertiary/aromatic N) is 5. The van der Waals surface area contributed by atoms with Crippen LogP contribution >= 0.6 is 0 Å². The molecule has 1 aliphatic rings. The van der Waals surface area contributed by atoms with E-state index < -0.39 is 23.3 Å². The number of allylic oxidation sites excluding steroid dienone is 1. The summed E-state index contributed by atoms with van der Waals surface area (Å²) < 4.78 is 25.8. The Labute approximate surface area is 231 Å². The highest BCUT2D eigenvalue weighted by Gasteiger charge is 2.34. The number of aryl methyl sites for hydroxylation is 1. The number of imidazole rings is 1. The first-order valence-corrected chi connectivity index (χ1v) is 13.0. The maximum absolute atomic E-state index is 13.7. The minimum atomic E-state index is -1.56. The van der Waals surface area contributed by atoms with E-state index in [0.29, 0.717) is 60.1 Å². The molecule has 0 unspecified atom stereocenters. The van der Waals surface area contributed by atoms with E-state index in [9.17, 15) is 14.7 Å². The fraction of sp³-hybridized carbons (Fsp3) is 0.464. The molecule has 3 aromatic rings. The van der Waals surface area contributed by atoms with Crippen LogP contribution in [0.5, 0.6) is 0 Å². The lowest BCUT2D eigenvalue weighted by Gasteiger charge is -2.29. The van der Waals surface area contributed by atoms with E-state index in [-0.39, 0.29) is 18.4 Å². The minimum Gasteiger partial charge on any atom is -0.495 e. The number of hydrogen-bond acceptors (Lipinski definition) is 9. The van der Waals surface area contributed by atoms with Crippen LogP contribution < -0.4 is 5.69 Å². The summed E-state index contributed by atoms with van der Waals surface area (Å²) in [6, 6.07) is 0. The normalized spacial score (nSPS) is 16.3. The second-order valence-corrected chi connectivity index (χ2v) is 9.90. The predicted octanol–water partition coefficient (Wildman–Crippen LogP) is 3.52. The van der Waals surface area contributed by atoms with Gasteiger partial charge >= 0.3 is 11.7 Å². The maximum Gasteiger partial charge on any atom is 0.335 e. The monoisotopic (exact) mass is 553 g/mol.